The Morgan fingerprint density at radius 1 is 1.35 bits per heavy atom. The molecule has 0 aliphatic rings. The number of rotatable bonds is 3. The summed E-state index contributed by atoms with van der Waals surface area (Å²) < 4.78 is 0. The number of pyridine rings is 1. The zero-order chi connectivity index (χ0) is 13.1. The summed E-state index contributed by atoms with van der Waals surface area (Å²) in [7, 11) is 1.82. The molecule has 1 heterocycles. The molecule has 17 heavy (non-hydrogen) atoms. The summed E-state index contributed by atoms with van der Waals surface area (Å²) in [5.41, 5.74) is 4.62. The molecule has 1 aromatic rings. The highest BCUT2D eigenvalue weighted by Gasteiger charge is 2.15. The molecule has 0 N–H and O–H groups in total. The molecule has 0 spiro atoms. The van der Waals surface area contributed by atoms with Gasteiger partial charge in [-0.05, 0) is 24.0 Å². The van der Waals surface area contributed by atoms with Crippen molar-refractivity contribution >= 4 is 5.71 Å². The van der Waals surface area contributed by atoms with Gasteiger partial charge < -0.3 is 0 Å². The van der Waals surface area contributed by atoms with Crippen LogP contribution in [0.3, 0.4) is 0 Å². The molecule has 0 atom stereocenters. The molecule has 0 bridgehead atoms. The van der Waals surface area contributed by atoms with Gasteiger partial charge in [-0.15, -0.1) is 0 Å². The summed E-state index contributed by atoms with van der Waals surface area (Å²) in [6, 6.07) is 2.18. The van der Waals surface area contributed by atoms with E-state index in [-0.39, 0.29) is 5.41 Å². The van der Waals surface area contributed by atoms with Crippen LogP contribution in [0.4, 0.5) is 0 Å². The Bertz CT molecular complexity index is 436. The Balaban J connectivity index is 3.10. The lowest BCUT2D eigenvalue weighted by molar-refractivity contribution is 0.587. The van der Waals surface area contributed by atoms with Gasteiger partial charge in [0.25, 0.3) is 0 Å². The van der Waals surface area contributed by atoms with Crippen molar-refractivity contribution in [2.45, 2.75) is 39.5 Å². The molecule has 0 unspecified atom stereocenters. The zero-order valence-corrected chi connectivity index (χ0v) is 11.5. The van der Waals surface area contributed by atoms with Gasteiger partial charge in [0.2, 0.25) is 0 Å². The standard InChI is InChI=1S/C15H22N2/c1-11(2)7-14(16-6)12-8-13(10-17-9-12)15(3,4)5/h8-10H,1,7H2,2-6H3. The second-order valence-electron chi connectivity index (χ2n) is 5.52. The van der Waals surface area contributed by atoms with E-state index in [1.54, 1.807) is 0 Å². The Morgan fingerprint density at radius 3 is 2.47 bits per heavy atom. The molecule has 0 saturated carbocycles. The maximum Gasteiger partial charge on any atom is 0.0472 e. The average Bonchev–Trinajstić information content (AvgIpc) is 2.24. The third kappa shape index (κ3) is 3.81. The van der Waals surface area contributed by atoms with Gasteiger partial charge in [-0.25, -0.2) is 0 Å². The summed E-state index contributed by atoms with van der Waals surface area (Å²) in [5.74, 6) is 0. The van der Waals surface area contributed by atoms with Gasteiger partial charge in [-0.1, -0.05) is 32.9 Å². The molecule has 92 valence electrons. The second-order valence-corrected chi connectivity index (χ2v) is 5.52. The summed E-state index contributed by atoms with van der Waals surface area (Å²) in [4.78, 5) is 8.65. The first-order valence-corrected chi connectivity index (χ1v) is 5.90. The number of aromatic nitrogens is 1. The smallest absolute Gasteiger partial charge is 0.0472 e. The van der Waals surface area contributed by atoms with E-state index in [0.717, 1.165) is 23.3 Å². The molecule has 2 nitrogen and oxygen atoms in total. The minimum atomic E-state index is 0.116. The maximum absolute atomic E-state index is 4.34. The quantitative estimate of drug-likeness (QED) is 0.573. The maximum atomic E-state index is 4.34. The molecular weight excluding hydrogens is 208 g/mol. The molecular formula is C15H22N2. The van der Waals surface area contributed by atoms with Crippen LogP contribution in [-0.4, -0.2) is 17.7 Å². The molecule has 0 aliphatic heterocycles. The van der Waals surface area contributed by atoms with E-state index in [1.807, 2.05) is 26.4 Å². The van der Waals surface area contributed by atoms with Crippen molar-refractivity contribution in [1.29, 1.82) is 0 Å². The molecule has 0 amide bonds. The predicted octanol–water partition coefficient (Wildman–Crippen LogP) is 3.76. The fraction of sp³-hybridized carbons (Fsp3) is 0.467. The van der Waals surface area contributed by atoms with Crippen molar-refractivity contribution in [1.82, 2.24) is 4.98 Å². The van der Waals surface area contributed by atoms with Gasteiger partial charge in [0.15, 0.2) is 0 Å². The van der Waals surface area contributed by atoms with Gasteiger partial charge in [-0.3, -0.25) is 9.98 Å². The fourth-order valence-electron chi connectivity index (χ4n) is 1.60. The lowest BCUT2D eigenvalue weighted by Crippen LogP contribution is -2.13. The molecule has 0 saturated heterocycles. The van der Waals surface area contributed by atoms with Crippen molar-refractivity contribution in [2.75, 3.05) is 7.05 Å². The van der Waals surface area contributed by atoms with Crippen LogP contribution in [0, 0.1) is 0 Å². The number of hydrogen-bond donors (Lipinski definition) is 0. The van der Waals surface area contributed by atoms with E-state index < -0.39 is 0 Å². The Labute approximate surface area is 105 Å². The fourth-order valence-corrected chi connectivity index (χ4v) is 1.60. The normalized spacial score (nSPS) is 12.6. The highest BCUT2D eigenvalue weighted by molar-refractivity contribution is 6.01. The molecule has 1 aromatic heterocycles. The number of aliphatic imine (C=N–C) groups is 1. The van der Waals surface area contributed by atoms with E-state index >= 15 is 0 Å². The minimum absolute atomic E-state index is 0.116. The predicted molar refractivity (Wildman–Crippen MR) is 74.8 cm³/mol. The van der Waals surface area contributed by atoms with Crippen LogP contribution in [0.25, 0.3) is 0 Å². The summed E-state index contributed by atoms with van der Waals surface area (Å²) in [6.45, 7) is 12.5. The Hall–Kier alpha value is -1.44. The molecule has 0 aliphatic carbocycles. The van der Waals surface area contributed by atoms with Crippen LogP contribution < -0.4 is 0 Å². The van der Waals surface area contributed by atoms with Crippen molar-refractivity contribution in [3.8, 4) is 0 Å². The SMILES string of the molecule is C=C(C)CC(=NC)c1cncc(C(C)(C)C)c1. The van der Waals surface area contributed by atoms with Gasteiger partial charge in [-0.2, -0.15) is 0 Å². The summed E-state index contributed by atoms with van der Waals surface area (Å²) in [6.07, 6.45) is 4.61. The zero-order valence-electron chi connectivity index (χ0n) is 11.5. The van der Waals surface area contributed by atoms with E-state index in [0.29, 0.717) is 0 Å². The monoisotopic (exact) mass is 230 g/mol. The third-order valence-corrected chi connectivity index (χ3v) is 2.68. The topological polar surface area (TPSA) is 25.2 Å². The molecule has 0 fully saturated rings. The highest BCUT2D eigenvalue weighted by Crippen LogP contribution is 2.22. The Kier molecular flexibility index (Phi) is 4.22. The molecule has 1 rings (SSSR count). The highest BCUT2D eigenvalue weighted by atomic mass is 14.7. The van der Waals surface area contributed by atoms with E-state index in [4.69, 9.17) is 0 Å². The van der Waals surface area contributed by atoms with E-state index in [2.05, 4.69) is 43.4 Å². The average molecular weight is 230 g/mol. The number of allylic oxidation sites excluding steroid dienone is 1. The summed E-state index contributed by atoms with van der Waals surface area (Å²) >= 11 is 0. The second kappa shape index (κ2) is 5.26. The van der Waals surface area contributed by atoms with Gasteiger partial charge in [0.05, 0.1) is 0 Å². The van der Waals surface area contributed by atoms with Crippen molar-refractivity contribution in [3.63, 3.8) is 0 Å². The van der Waals surface area contributed by atoms with E-state index in [1.165, 1.54) is 5.56 Å². The first kappa shape index (κ1) is 13.6. The largest absolute Gasteiger partial charge is 0.292 e. The van der Waals surface area contributed by atoms with Crippen LogP contribution in [-0.2, 0) is 5.41 Å². The van der Waals surface area contributed by atoms with Crippen LogP contribution in [0.15, 0.2) is 35.6 Å². The number of nitrogens with zero attached hydrogens (tertiary/aromatic N) is 2. The number of hydrogen-bond acceptors (Lipinski definition) is 2. The first-order valence-electron chi connectivity index (χ1n) is 5.90. The van der Waals surface area contributed by atoms with Gasteiger partial charge in [0, 0.05) is 37.1 Å². The molecule has 0 aromatic carbocycles. The van der Waals surface area contributed by atoms with Gasteiger partial charge >= 0.3 is 0 Å². The van der Waals surface area contributed by atoms with Crippen molar-refractivity contribution < 1.29 is 0 Å². The summed E-state index contributed by atoms with van der Waals surface area (Å²) in [5, 5.41) is 0. The van der Waals surface area contributed by atoms with Crippen molar-refractivity contribution in [2.24, 2.45) is 4.99 Å². The Morgan fingerprint density at radius 2 is 2.00 bits per heavy atom. The van der Waals surface area contributed by atoms with Crippen molar-refractivity contribution in [3.05, 3.63) is 41.7 Å². The minimum Gasteiger partial charge on any atom is -0.292 e. The molecule has 0 radical (unpaired) electrons. The first-order chi connectivity index (χ1) is 7.84. The third-order valence-electron chi connectivity index (χ3n) is 2.68. The molecule has 2 heteroatoms. The lowest BCUT2D eigenvalue weighted by atomic mass is 9.87. The van der Waals surface area contributed by atoms with Gasteiger partial charge in [0.1, 0.15) is 0 Å². The van der Waals surface area contributed by atoms with E-state index in [9.17, 15) is 0 Å². The van der Waals surface area contributed by atoms with Crippen LogP contribution in [0.1, 0.15) is 45.2 Å². The lowest BCUT2D eigenvalue weighted by Gasteiger charge is -2.19. The van der Waals surface area contributed by atoms with Crippen LogP contribution in [0.5, 0.6) is 0 Å². The van der Waals surface area contributed by atoms with Crippen LogP contribution in [0.2, 0.25) is 0 Å². The van der Waals surface area contributed by atoms with Crippen LogP contribution >= 0.6 is 0 Å².